The van der Waals surface area contributed by atoms with Crippen LogP contribution in [0.25, 0.3) is 0 Å². The van der Waals surface area contributed by atoms with Crippen molar-refractivity contribution in [1.82, 2.24) is 9.97 Å². The van der Waals surface area contributed by atoms with E-state index in [2.05, 4.69) is 36.5 Å². The van der Waals surface area contributed by atoms with Crippen LogP contribution in [0.15, 0.2) is 35.1 Å². The first-order valence-electron chi connectivity index (χ1n) is 5.65. The number of nitriles is 1. The normalized spacial score (nSPS) is 9.65. The molecule has 0 atom stereocenters. The van der Waals surface area contributed by atoms with E-state index in [0.29, 0.717) is 17.1 Å². The highest BCUT2D eigenvalue weighted by molar-refractivity contribution is 9.10. The van der Waals surface area contributed by atoms with Gasteiger partial charge in [-0.25, -0.2) is 4.98 Å². The Balaban J connectivity index is 2.28. The maximum absolute atomic E-state index is 12.1. The van der Waals surface area contributed by atoms with Gasteiger partial charge in [0.1, 0.15) is 17.6 Å². The van der Waals surface area contributed by atoms with Crippen LogP contribution in [0.5, 0.6) is 0 Å². The summed E-state index contributed by atoms with van der Waals surface area (Å²) in [6.07, 6.45) is 2.87. The SMILES string of the molecule is CNc1cncc(C(=O)Nc2cc(Br)ccc2C#N)n1. The lowest BCUT2D eigenvalue weighted by atomic mass is 10.2. The highest BCUT2D eigenvalue weighted by atomic mass is 79.9. The first-order valence-corrected chi connectivity index (χ1v) is 6.44. The van der Waals surface area contributed by atoms with Gasteiger partial charge in [0.2, 0.25) is 0 Å². The van der Waals surface area contributed by atoms with Gasteiger partial charge in [-0.05, 0) is 18.2 Å². The highest BCUT2D eigenvalue weighted by Crippen LogP contribution is 2.21. The second-order valence-corrected chi connectivity index (χ2v) is 4.71. The number of nitrogens with zero attached hydrogens (tertiary/aromatic N) is 3. The van der Waals surface area contributed by atoms with Crippen molar-refractivity contribution in [3.63, 3.8) is 0 Å². The number of carbonyl (C=O) groups is 1. The predicted molar refractivity (Wildman–Crippen MR) is 78.4 cm³/mol. The molecule has 0 bridgehead atoms. The lowest BCUT2D eigenvalue weighted by molar-refractivity contribution is 0.102. The largest absolute Gasteiger partial charge is 0.372 e. The van der Waals surface area contributed by atoms with E-state index in [1.165, 1.54) is 12.4 Å². The summed E-state index contributed by atoms with van der Waals surface area (Å²) >= 11 is 3.30. The minimum Gasteiger partial charge on any atom is -0.372 e. The van der Waals surface area contributed by atoms with Crippen molar-refractivity contribution >= 4 is 33.3 Å². The maximum atomic E-state index is 12.1. The third-order valence-corrected chi connectivity index (χ3v) is 2.97. The smallest absolute Gasteiger partial charge is 0.275 e. The molecule has 1 amide bonds. The van der Waals surface area contributed by atoms with E-state index < -0.39 is 5.91 Å². The van der Waals surface area contributed by atoms with Crippen LogP contribution < -0.4 is 10.6 Å². The topological polar surface area (TPSA) is 90.7 Å². The molecule has 1 aromatic heterocycles. The minimum absolute atomic E-state index is 0.167. The van der Waals surface area contributed by atoms with Crippen molar-refractivity contribution in [1.29, 1.82) is 5.26 Å². The molecule has 0 spiro atoms. The highest BCUT2D eigenvalue weighted by Gasteiger charge is 2.12. The van der Waals surface area contributed by atoms with Gasteiger partial charge in [0.25, 0.3) is 5.91 Å². The van der Waals surface area contributed by atoms with Gasteiger partial charge in [-0.1, -0.05) is 15.9 Å². The van der Waals surface area contributed by atoms with E-state index >= 15 is 0 Å². The third kappa shape index (κ3) is 3.10. The molecule has 0 fully saturated rings. The Morgan fingerprint density at radius 2 is 2.20 bits per heavy atom. The molecule has 2 N–H and O–H groups in total. The number of rotatable bonds is 3. The predicted octanol–water partition coefficient (Wildman–Crippen LogP) is 2.40. The zero-order valence-corrected chi connectivity index (χ0v) is 12.1. The summed E-state index contributed by atoms with van der Waals surface area (Å²) in [6.45, 7) is 0. The Hall–Kier alpha value is -2.46. The Bertz CT molecular complexity index is 695. The average Bonchev–Trinajstić information content (AvgIpc) is 2.47. The summed E-state index contributed by atoms with van der Waals surface area (Å²) in [5.41, 5.74) is 0.962. The first-order chi connectivity index (χ1) is 9.63. The molecule has 100 valence electrons. The van der Waals surface area contributed by atoms with Crippen LogP contribution in [-0.4, -0.2) is 22.9 Å². The Morgan fingerprint density at radius 1 is 1.40 bits per heavy atom. The number of aromatic nitrogens is 2. The van der Waals surface area contributed by atoms with Crippen molar-refractivity contribution in [2.45, 2.75) is 0 Å². The minimum atomic E-state index is -0.427. The second kappa shape index (κ2) is 6.12. The third-order valence-electron chi connectivity index (χ3n) is 2.47. The number of halogens is 1. The molecule has 2 rings (SSSR count). The number of benzene rings is 1. The van der Waals surface area contributed by atoms with Crippen LogP contribution in [0, 0.1) is 11.3 Å². The number of hydrogen-bond acceptors (Lipinski definition) is 5. The van der Waals surface area contributed by atoms with E-state index in [1.807, 2.05) is 6.07 Å². The van der Waals surface area contributed by atoms with Crippen molar-refractivity contribution in [2.75, 3.05) is 17.7 Å². The quantitative estimate of drug-likeness (QED) is 0.901. The fourth-order valence-corrected chi connectivity index (χ4v) is 1.86. The van der Waals surface area contributed by atoms with E-state index in [1.54, 1.807) is 25.2 Å². The van der Waals surface area contributed by atoms with Gasteiger partial charge >= 0.3 is 0 Å². The lowest BCUT2D eigenvalue weighted by Gasteiger charge is -2.07. The van der Waals surface area contributed by atoms with E-state index in [9.17, 15) is 4.79 Å². The Kier molecular flexibility index (Phi) is 4.27. The van der Waals surface area contributed by atoms with E-state index in [-0.39, 0.29) is 5.69 Å². The summed E-state index contributed by atoms with van der Waals surface area (Å²) in [6, 6.07) is 7.03. The van der Waals surface area contributed by atoms with Gasteiger partial charge in [0, 0.05) is 11.5 Å². The average molecular weight is 332 g/mol. The Morgan fingerprint density at radius 3 is 2.90 bits per heavy atom. The van der Waals surface area contributed by atoms with Gasteiger partial charge < -0.3 is 10.6 Å². The number of amides is 1. The van der Waals surface area contributed by atoms with Crippen LogP contribution >= 0.6 is 15.9 Å². The molecule has 0 aliphatic carbocycles. The fourth-order valence-electron chi connectivity index (χ4n) is 1.50. The molecule has 6 nitrogen and oxygen atoms in total. The summed E-state index contributed by atoms with van der Waals surface area (Å²) in [5, 5.41) is 14.5. The van der Waals surface area contributed by atoms with E-state index in [0.717, 1.165) is 4.47 Å². The van der Waals surface area contributed by atoms with Gasteiger partial charge in [0.05, 0.1) is 23.6 Å². The van der Waals surface area contributed by atoms with Crippen LogP contribution in [0.2, 0.25) is 0 Å². The molecule has 0 radical (unpaired) electrons. The van der Waals surface area contributed by atoms with Gasteiger partial charge in [-0.3, -0.25) is 9.78 Å². The molecule has 7 heteroatoms. The monoisotopic (exact) mass is 331 g/mol. The molecule has 2 aromatic rings. The summed E-state index contributed by atoms with van der Waals surface area (Å²) in [7, 11) is 1.69. The van der Waals surface area contributed by atoms with Crippen LogP contribution in [-0.2, 0) is 0 Å². The molecule has 0 unspecified atom stereocenters. The zero-order valence-electron chi connectivity index (χ0n) is 10.5. The first kappa shape index (κ1) is 14.0. The molecule has 20 heavy (non-hydrogen) atoms. The zero-order chi connectivity index (χ0) is 14.5. The standard InChI is InChI=1S/C13H10BrN5O/c1-16-12-7-17-6-11(18-12)13(20)19-10-4-9(14)3-2-8(10)5-15/h2-4,6-7H,1H3,(H,16,18)(H,19,20). The number of nitrogens with one attached hydrogen (secondary N) is 2. The molecular weight excluding hydrogens is 322 g/mol. The fraction of sp³-hybridized carbons (Fsp3) is 0.0769. The molecule has 0 aliphatic rings. The molecule has 0 saturated carbocycles. The summed E-state index contributed by atoms with van der Waals surface area (Å²) in [4.78, 5) is 20.1. The maximum Gasteiger partial charge on any atom is 0.275 e. The molecule has 0 saturated heterocycles. The van der Waals surface area contributed by atoms with Crippen molar-refractivity contribution in [2.24, 2.45) is 0 Å². The molecule has 1 aromatic carbocycles. The molecule has 1 heterocycles. The van der Waals surface area contributed by atoms with Crippen molar-refractivity contribution < 1.29 is 4.79 Å². The molecule has 0 aliphatic heterocycles. The number of carbonyl (C=O) groups excluding carboxylic acids is 1. The summed E-state index contributed by atoms with van der Waals surface area (Å²) in [5.74, 6) is 0.0663. The Labute approximate surface area is 124 Å². The van der Waals surface area contributed by atoms with Crippen molar-refractivity contribution in [3.05, 3.63) is 46.3 Å². The number of anilines is 2. The van der Waals surface area contributed by atoms with Crippen LogP contribution in [0.4, 0.5) is 11.5 Å². The van der Waals surface area contributed by atoms with Gasteiger partial charge in [0.15, 0.2) is 0 Å². The van der Waals surface area contributed by atoms with Crippen LogP contribution in [0.3, 0.4) is 0 Å². The van der Waals surface area contributed by atoms with Crippen molar-refractivity contribution in [3.8, 4) is 6.07 Å². The van der Waals surface area contributed by atoms with Crippen LogP contribution in [0.1, 0.15) is 16.1 Å². The molecular formula is C13H10BrN5O. The number of hydrogen-bond donors (Lipinski definition) is 2. The van der Waals surface area contributed by atoms with Gasteiger partial charge in [-0.2, -0.15) is 5.26 Å². The van der Waals surface area contributed by atoms with Gasteiger partial charge in [-0.15, -0.1) is 0 Å². The second-order valence-electron chi connectivity index (χ2n) is 3.80. The summed E-state index contributed by atoms with van der Waals surface area (Å²) < 4.78 is 0.766. The van der Waals surface area contributed by atoms with E-state index in [4.69, 9.17) is 5.26 Å². The lowest BCUT2D eigenvalue weighted by Crippen LogP contribution is -2.15.